The monoisotopic (exact) mass is 497 g/mol. The Bertz CT molecular complexity index is 1280. The lowest BCUT2D eigenvalue weighted by Crippen LogP contribution is -2.48. The molecule has 0 unspecified atom stereocenters. The molecule has 1 aromatic carbocycles. The summed E-state index contributed by atoms with van der Waals surface area (Å²) in [4.78, 5) is 48.4. The zero-order valence-corrected chi connectivity index (χ0v) is 20.1. The number of aromatic amines is 1. The van der Waals surface area contributed by atoms with E-state index in [1.807, 2.05) is 0 Å². The van der Waals surface area contributed by atoms with E-state index in [1.165, 1.54) is 22.7 Å². The van der Waals surface area contributed by atoms with Gasteiger partial charge in [0.05, 0.1) is 5.69 Å². The highest BCUT2D eigenvalue weighted by molar-refractivity contribution is 7.99. The highest BCUT2D eigenvalue weighted by atomic mass is 32.2. The summed E-state index contributed by atoms with van der Waals surface area (Å²) in [6.45, 7) is 3.54. The highest BCUT2D eigenvalue weighted by Gasteiger charge is 2.31. The lowest BCUT2D eigenvalue weighted by atomic mass is 10.1. The lowest BCUT2D eigenvalue weighted by molar-refractivity contribution is -0.120. The van der Waals surface area contributed by atoms with Crippen LogP contribution in [0.3, 0.4) is 0 Å². The summed E-state index contributed by atoms with van der Waals surface area (Å²) < 4.78 is 13.9. The SMILES string of the molecule is CC(C)C(=O)Nc1cc2c(cn1)SC[C@H](NC(=O)c1n[nH]c(Cc3ccccc3F)n1)C(=O)N2C. The summed E-state index contributed by atoms with van der Waals surface area (Å²) in [5.74, 6) is -0.930. The Kier molecular flexibility index (Phi) is 7.10. The van der Waals surface area contributed by atoms with Gasteiger partial charge < -0.3 is 15.5 Å². The molecule has 0 aliphatic carbocycles. The van der Waals surface area contributed by atoms with Crippen molar-refractivity contribution in [2.45, 2.75) is 31.2 Å². The predicted molar refractivity (Wildman–Crippen MR) is 129 cm³/mol. The van der Waals surface area contributed by atoms with Crippen molar-refractivity contribution in [3.63, 3.8) is 0 Å². The van der Waals surface area contributed by atoms with Crippen LogP contribution in [0.4, 0.5) is 15.9 Å². The van der Waals surface area contributed by atoms with E-state index >= 15 is 0 Å². The Morgan fingerprint density at radius 3 is 2.83 bits per heavy atom. The second-order valence-electron chi connectivity index (χ2n) is 8.29. The molecule has 0 saturated heterocycles. The minimum absolute atomic E-state index is 0.140. The van der Waals surface area contributed by atoms with E-state index in [-0.39, 0.29) is 41.5 Å². The van der Waals surface area contributed by atoms with Crippen LogP contribution in [0.1, 0.15) is 35.9 Å². The number of pyridine rings is 1. The number of amides is 3. The molecule has 1 atom stereocenters. The first-order chi connectivity index (χ1) is 16.7. The minimum Gasteiger partial charge on any atom is -0.337 e. The number of halogens is 1. The molecule has 2 aromatic heterocycles. The van der Waals surface area contributed by atoms with Gasteiger partial charge in [-0.05, 0) is 11.6 Å². The summed E-state index contributed by atoms with van der Waals surface area (Å²) in [5.41, 5.74) is 0.999. The van der Waals surface area contributed by atoms with Crippen molar-refractivity contribution in [1.29, 1.82) is 0 Å². The Labute approximate surface area is 205 Å². The Hall–Kier alpha value is -3.80. The molecule has 10 nitrogen and oxygen atoms in total. The van der Waals surface area contributed by atoms with Gasteiger partial charge in [0.15, 0.2) is 0 Å². The fraction of sp³-hybridized carbons (Fsp3) is 0.304. The molecule has 4 rings (SSSR count). The van der Waals surface area contributed by atoms with Gasteiger partial charge >= 0.3 is 0 Å². The van der Waals surface area contributed by atoms with E-state index in [2.05, 4.69) is 30.8 Å². The van der Waals surface area contributed by atoms with Gasteiger partial charge in [-0.3, -0.25) is 19.5 Å². The van der Waals surface area contributed by atoms with E-state index in [1.54, 1.807) is 51.4 Å². The van der Waals surface area contributed by atoms with Gasteiger partial charge in [-0.2, -0.15) is 0 Å². The number of carbonyl (C=O) groups excluding carboxylic acids is 3. The smallest absolute Gasteiger partial charge is 0.291 e. The van der Waals surface area contributed by atoms with Crippen LogP contribution in [0.25, 0.3) is 0 Å². The molecule has 1 aliphatic rings. The number of H-pyrrole nitrogens is 1. The first-order valence-corrected chi connectivity index (χ1v) is 11.9. The number of aromatic nitrogens is 4. The fourth-order valence-electron chi connectivity index (χ4n) is 3.37. The van der Waals surface area contributed by atoms with E-state index in [4.69, 9.17) is 0 Å². The topological polar surface area (TPSA) is 133 Å². The van der Waals surface area contributed by atoms with Crippen molar-refractivity contribution >= 4 is 41.0 Å². The molecule has 0 spiro atoms. The number of thioether (sulfide) groups is 1. The molecule has 0 bridgehead atoms. The van der Waals surface area contributed by atoms with Crippen LogP contribution < -0.4 is 15.5 Å². The first kappa shape index (κ1) is 24.3. The van der Waals surface area contributed by atoms with Gasteiger partial charge in [-0.15, -0.1) is 16.9 Å². The number of hydrogen-bond acceptors (Lipinski definition) is 7. The standard InChI is InChI=1S/C23H24FN7O3S/c1-12(2)21(32)28-18-9-16-17(10-25-18)35-11-15(23(34)31(16)3)26-22(33)20-27-19(29-30-20)8-13-6-4-5-7-14(13)24/h4-7,9-10,12,15H,8,11H2,1-3H3,(H,26,33)(H,25,28,32)(H,27,29,30)/t15-/m0/s1. The summed E-state index contributed by atoms with van der Waals surface area (Å²) >= 11 is 1.36. The Morgan fingerprint density at radius 1 is 1.31 bits per heavy atom. The van der Waals surface area contributed by atoms with Gasteiger partial charge in [-0.1, -0.05) is 32.0 Å². The lowest BCUT2D eigenvalue weighted by Gasteiger charge is -2.21. The van der Waals surface area contributed by atoms with Gasteiger partial charge in [0, 0.05) is 42.3 Å². The number of anilines is 2. The third-order valence-electron chi connectivity index (χ3n) is 5.37. The van der Waals surface area contributed by atoms with Crippen molar-refractivity contribution in [3.05, 3.63) is 59.6 Å². The zero-order valence-electron chi connectivity index (χ0n) is 19.3. The van der Waals surface area contributed by atoms with Crippen molar-refractivity contribution in [2.24, 2.45) is 5.92 Å². The van der Waals surface area contributed by atoms with E-state index in [9.17, 15) is 18.8 Å². The van der Waals surface area contributed by atoms with E-state index in [0.717, 1.165) is 4.90 Å². The average molecular weight is 498 g/mol. The first-order valence-electron chi connectivity index (χ1n) is 10.9. The van der Waals surface area contributed by atoms with E-state index < -0.39 is 11.9 Å². The van der Waals surface area contributed by atoms with Crippen molar-refractivity contribution in [3.8, 4) is 0 Å². The summed E-state index contributed by atoms with van der Waals surface area (Å²) in [5, 5.41) is 12.0. The Balaban J connectivity index is 1.44. The molecule has 0 fully saturated rings. The summed E-state index contributed by atoms with van der Waals surface area (Å²) in [6, 6.07) is 7.07. The molecule has 0 radical (unpaired) electrons. The number of rotatable bonds is 6. The van der Waals surface area contributed by atoms with Gasteiger partial charge in [0.2, 0.25) is 17.6 Å². The average Bonchev–Trinajstić information content (AvgIpc) is 3.27. The quantitative estimate of drug-likeness (QED) is 0.476. The second kappa shape index (κ2) is 10.2. The second-order valence-corrected chi connectivity index (χ2v) is 9.35. The molecule has 3 aromatic rings. The number of nitrogens with zero attached hydrogens (tertiary/aromatic N) is 4. The normalized spacial score (nSPS) is 15.5. The molecule has 35 heavy (non-hydrogen) atoms. The van der Waals surface area contributed by atoms with Gasteiger partial charge in [0.1, 0.15) is 23.5 Å². The number of carbonyl (C=O) groups is 3. The van der Waals surface area contributed by atoms with Crippen molar-refractivity contribution in [2.75, 3.05) is 23.0 Å². The summed E-state index contributed by atoms with van der Waals surface area (Å²) in [7, 11) is 1.60. The maximum absolute atomic E-state index is 13.9. The van der Waals surface area contributed by atoms with Crippen LogP contribution in [0.2, 0.25) is 0 Å². The fourth-order valence-corrected chi connectivity index (χ4v) is 4.41. The molecular weight excluding hydrogens is 473 g/mol. The summed E-state index contributed by atoms with van der Waals surface area (Å²) in [6.07, 6.45) is 1.74. The van der Waals surface area contributed by atoms with Crippen molar-refractivity contribution < 1.29 is 18.8 Å². The molecule has 3 N–H and O–H groups in total. The highest BCUT2D eigenvalue weighted by Crippen LogP contribution is 2.34. The molecule has 1 aliphatic heterocycles. The van der Waals surface area contributed by atoms with Crippen LogP contribution in [-0.4, -0.2) is 56.7 Å². The number of nitrogens with one attached hydrogen (secondary N) is 3. The molecule has 0 saturated carbocycles. The van der Waals surface area contributed by atoms with Gasteiger partial charge in [0.25, 0.3) is 5.91 Å². The van der Waals surface area contributed by atoms with Gasteiger partial charge in [-0.25, -0.2) is 14.4 Å². The molecule has 12 heteroatoms. The molecular formula is C23H24FN7O3S. The number of likely N-dealkylation sites (N-methyl/N-ethyl adjacent to an activating group) is 1. The van der Waals surface area contributed by atoms with Crippen molar-refractivity contribution in [1.82, 2.24) is 25.5 Å². The maximum Gasteiger partial charge on any atom is 0.291 e. The Morgan fingerprint density at radius 2 is 2.09 bits per heavy atom. The van der Waals surface area contributed by atoms with Crippen LogP contribution >= 0.6 is 11.8 Å². The molecule has 182 valence electrons. The number of hydrogen-bond donors (Lipinski definition) is 3. The largest absolute Gasteiger partial charge is 0.337 e. The molecule has 3 heterocycles. The van der Waals surface area contributed by atoms with Crippen LogP contribution in [0.5, 0.6) is 0 Å². The van der Waals surface area contributed by atoms with Crippen LogP contribution in [0.15, 0.2) is 41.4 Å². The number of benzene rings is 1. The van der Waals surface area contributed by atoms with Crippen LogP contribution in [0, 0.1) is 11.7 Å². The van der Waals surface area contributed by atoms with Crippen LogP contribution in [-0.2, 0) is 16.0 Å². The molecule has 3 amide bonds. The predicted octanol–water partition coefficient (Wildman–Crippen LogP) is 2.39. The third-order valence-corrected chi connectivity index (χ3v) is 6.50. The third kappa shape index (κ3) is 5.48. The number of fused-ring (bicyclic) bond motifs is 1. The zero-order chi connectivity index (χ0) is 25.1. The maximum atomic E-state index is 13.9. The minimum atomic E-state index is -0.841. The van der Waals surface area contributed by atoms with E-state index in [0.29, 0.717) is 22.9 Å².